The fourth-order valence-corrected chi connectivity index (χ4v) is 8.12. The number of likely N-dealkylation sites (tertiary alicyclic amines) is 1. The molecule has 0 spiro atoms. The second-order valence-corrected chi connectivity index (χ2v) is 17.0. The molecule has 1 aliphatic heterocycles. The van der Waals surface area contributed by atoms with E-state index < -0.39 is 36.6 Å². The number of halogens is 1. The molecule has 58 heavy (non-hydrogen) atoms. The summed E-state index contributed by atoms with van der Waals surface area (Å²) in [6.45, 7) is 1.10. The van der Waals surface area contributed by atoms with Gasteiger partial charge in [-0.25, -0.2) is 4.79 Å². The van der Waals surface area contributed by atoms with Gasteiger partial charge in [-0.2, -0.15) is 0 Å². The molecule has 1 aromatic heterocycles. The van der Waals surface area contributed by atoms with Crippen LogP contribution in [0.5, 0.6) is 5.75 Å². The SMILES string of the molecule is O=C(CN1CCC(NC(=O)NCCCCSc2ccc(Cl)c(COC3(c4cnccc4-c4ccccc4OC4CC4)CC3)c2)CC1)NCC(O)C(O)C(O)C(O)CO. The van der Waals surface area contributed by atoms with Crippen LogP contribution in [0.1, 0.15) is 62.5 Å². The Morgan fingerprint density at radius 3 is 2.45 bits per heavy atom. The van der Waals surface area contributed by atoms with Crippen molar-refractivity contribution in [3.05, 3.63) is 77.1 Å². The number of nitrogens with zero attached hydrogens (tertiary/aromatic N) is 2. The predicted molar refractivity (Wildman–Crippen MR) is 221 cm³/mol. The van der Waals surface area contributed by atoms with E-state index in [4.69, 9.17) is 26.2 Å². The van der Waals surface area contributed by atoms with E-state index in [0.29, 0.717) is 50.2 Å². The highest BCUT2D eigenvalue weighted by Gasteiger charge is 2.48. The van der Waals surface area contributed by atoms with E-state index in [9.17, 15) is 30.0 Å². The average Bonchev–Trinajstić information content (AvgIpc) is 4.19. The molecule has 1 saturated heterocycles. The van der Waals surface area contributed by atoms with Gasteiger partial charge in [0.25, 0.3) is 0 Å². The van der Waals surface area contributed by atoms with Gasteiger partial charge in [0, 0.05) is 65.7 Å². The van der Waals surface area contributed by atoms with Gasteiger partial charge >= 0.3 is 6.03 Å². The molecule has 8 N–H and O–H groups in total. The molecular formula is C42H56ClN5O9S. The van der Waals surface area contributed by atoms with Crippen LogP contribution < -0.4 is 20.7 Å². The molecule has 14 nitrogen and oxygen atoms in total. The van der Waals surface area contributed by atoms with E-state index in [-0.39, 0.29) is 31.1 Å². The summed E-state index contributed by atoms with van der Waals surface area (Å²) in [5.74, 6) is 1.41. The molecule has 16 heteroatoms. The number of aliphatic hydroxyl groups excluding tert-OH is 5. The van der Waals surface area contributed by atoms with Gasteiger partial charge in [0.2, 0.25) is 5.91 Å². The molecule has 316 valence electrons. The van der Waals surface area contributed by atoms with Crippen molar-refractivity contribution in [1.82, 2.24) is 25.8 Å². The second-order valence-electron chi connectivity index (χ2n) is 15.4. The normalized spacial score (nSPS) is 18.8. The maximum atomic E-state index is 12.6. The van der Waals surface area contributed by atoms with Gasteiger partial charge in [-0.1, -0.05) is 29.8 Å². The number of nitrogens with one attached hydrogen (secondary N) is 3. The summed E-state index contributed by atoms with van der Waals surface area (Å²) in [5.41, 5.74) is 3.75. The Morgan fingerprint density at radius 2 is 1.71 bits per heavy atom. The lowest BCUT2D eigenvalue weighted by Crippen LogP contribution is -2.52. The third-order valence-electron chi connectivity index (χ3n) is 10.8. The molecule has 2 saturated carbocycles. The van der Waals surface area contributed by atoms with Crippen molar-refractivity contribution in [3.8, 4) is 16.9 Å². The van der Waals surface area contributed by atoms with Crippen molar-refractivity contribution in [2.45, 2.75) is 105 Å². The molecule has 3 aliphatic rings. The largest absolute Gasteiger partial charge is 0.490 e. The van der Waals surface area contributed by atoms with E-state index in [2.05, 4.69) is 39.1 Å². The van der Waals surface area contributed by atoms with Gasteiger partial charge in [-0.3, -0.25) is 14.7 Å². The van der Waals surface area contributed by atoms with Crippen LogP contribution in [0, 0.1) is 0 Å². The number of para-hydroxylation sites is 1. The lowest BCUT2D eigenvalue weighted by Gasteiger charge is -2.32. The highest BCUT2D eigenvalue weighted by Crippen LogP contribution is 2.53. The fourth-order valence-electron chi connectivity index (χ4n) is 6.97. The monoisotopic (exact) mass is 841 g/mol. The number of aromatic nitrogens is 1. The van der Waals surface area contributed by atoms with Crippen LogP contribution in [-0.2, 0) is 21.7 Å². The lowest BCUT2D eigenvalue weighted by atomic mass is 9.96. The van der Waals surface area contributed by atoms with Crippen molar-refractivity contribution in [1.29, 1.82) is 0 Å². The first-order valence-electron chi connectivity index (χ1n) is 20.2. The number of thioether (sulfide) groups is 1. The van der Waals surface area contributed by atoms with Gasteiger partial charge in [-0.05, 0) is 98.6 Å². The second kappa shape index (κ2) is 21.1. The maximum Gasteiger partial charge on any atom is 0.315 e. The number of hydrogen-bond donors (Lipinski definition) is 8. The van der Waals surface area contributed by atoms with Gasteiger partial charge in [0.05, 0.1) is 37.6 Å². The van der Waals surface area contributed by atoms with Crippen LogP contribution in [0.25, 0.3) is 11.1 Å². The van der Waals surface area contributed by atoms with Crippen molar-refractivity contribution < 1.29 is 44.6 Å². The average molecular weight is 842 g/mol. The number of carbonyl (C=O) groups excluding carboxylic acids is 2. The summed E-state index contributed by atoms with van der Waals surface area (Å²) in [6.07, 6.45) is 4.53. The summed E-state index contributed by atoms with van der Waals surface area (Å²) in [6, 6.07) is 16.1. The van der Waals surface area contributed by atoms with Gasteiger partial charge in [0.1, 0.15) is 24.1 Å². The molecule has 0 radical (unpaired) electrons. The Kier molecular flexibility index (Phi) is 16.1. The van der Waals surface area contributed by atoms with E-state index in [0.717, 1.165) is 77.2 Å². The Bertz CT molecular complexity index is 1810. The molecule has 0 bridgehead atoms. The first-order valence-corrected chi connectivity index (χ1v) is 21.5. The number of hydrogen-bond acceptors (Lipinski definition) is 12. The van der Waals surface area contributed by atoms with E-state index in [1.807, 2.05) is 47.6 Å². The summed E-state index contributed by atoms with van der Waals surface area (Å²) in [4.78, 5) is 32.4. The fraction of sp³-hybridized carbons (Fsp3) is 0.548. The minimum absolute atomic E-state index is 0.0150. The zero-order valence-corrected chi connectivity index (χ0v) is 34.2. The Balaban J connectivity index is 0.857. The Morgan fingerprint density at radius 1 is 0.948 bits per heavy atom. The summed E-state index contributed by atoms with van der Waals surface area (Å²) in [7, 11) is 0. The highest BCUT2D eigenvalue weighted by atomic mass is 35.5. The zero-order valence-electron chi connectivity index (χ0n) is 32.6. The number of carbonyl (C=O) groups is 2. The molecule has 3 amide bonds. The van der Waals surface area contributed by atoms with Gasteiger partial charge in [0.15, 0.2) is 0 Å². The van der Waals surface area contributed by atoms with Crippen molar-refractivity contribution in [2.75, 3.05) is 45.1 Å². The molecular weight excluding hydrogens is 786 g/mol. The summed E-state index contributed by atoms with van der Waals surface area (Å²) in [5, 5.41) is 57.1. The van der Waals surface area contributed by atoms with E-state index in [1.54, 1.807) is 11.8 Å². The van der Waals surface area contributed by atoms with Crippen LogP contribution >= 0.6 is 23.4 Å². The van der Waals surface area contributed by atoms with Gasteiger partial charge < -0.3 is 51.0 Å². The summed E-state index contributed by atoms with van der Waals surface area (Å²) < 4.78 is 12.9. The lowest BCUT2D eigenvalue weighted by molar-refractivity contribution is -0.127. The minimum atomic E-state index is -1.75. The number of unbranched alkanes of at least 4 members (excludes halogenated alkanes) is 1. The van der Waals surface area contributed by atoms with Crippen molar-refractivity contribution >= 4 is 35.3 Å². The number of piperidine rings is 1. The topological polar surface area (TPSA) is 206 Å². The van der Waals surface area contributed by atoms with Crippen LogP contribution in [-0.4, -0.2) is 129 Å². The number of urea groups is 1. The van der Waals surface area contributed by atoms with Crippen LogP contribution in [0.2, 0.25) is 5.02 Å². The van der Waals surface area contributed by atoms with Crippen LogP contribution in [0.4, 0.5) is 4.79 Å². The number of ether oxygens (including phenoxy) is 2. The molecule has 3 fully saturated rings. The number of rotatable bonds is 22. The van der Waals surface area contributed by atoms with Gasteiger partial charge in [-0.15, -0.1) is 11.8 Å². The first kappa shape index (κ1) is 44.1. The quantitative estimate of drug-likeness (QED) is 0.0542. The third kappa shape index (κ3) is 12.5. The Labute approximate surface area is 348 Å². The number of aliphatic hydroxyl groups is 5. The molecule has 4 unspecified atom stereocenters. The maximum absolute atomic E-state index is 12.6. The zero-order chi connectivity index (χ0) is 41.1. The third-order valence-corrected chi connectivity index (χ3v) is 12.2. The van der Waals surface area contributed by atoms with Crippen LogP contribution in [0.3, 0.4) is 0 Å². The van der Waals surface area contributed by atoms with E-state index in [1.165, 1.54) is 0 Å². The number of benzene rings is 2. The van der Waals surface area contributed by atoms with Crippen molar-refractivity contribution in [3.63, 3.8) is 0 Å². The predicted octanol–water partition coefficient (Wildman–Crippen LogP) is 3.34. The molecule has 6 rings (SSSR count). The first-order chi connectivity index (χ1) is 28.0. The molecule has 4 atom stereocenters. The number of pyridine rings is 1. The van der Waals surface area contributed by atoms with Crippen molar-refractivity contribution in [2.24, 2.45) is 0 Å². The molecule has 2 aromatic carbocycles. The number of amides is 3. The summed E-state index contributed by atoms with van der Waals surface area (Å²) >= 11 is 8.41. The highest BCUT2D eigenvalue weighted by molar-refractivity contribution is 7.99. The smallest absolute Gasteiger partial charge is 0.315 e. The Hall–Kier alpha value is -3.51. The minimum Gasteiger partial charge on any atom is -0.490 e. The molecule has 3 aromatic rings. The molecule has 2 aliphatic carbocycles. The van der Waals surface area contributed by atoms with Crippen LogP contribution in [0.15, 0.2) is 65.8 Å². The molecule has 2 heterocycles. The van der Waals surface area contributed by atoms with E-state index >= 15 is 0 Å². The standard InChI is InChI=1S/C42H56ClN5O9S/c43-34-10-9-30(21-27(34)26-56-42(14-15-42)33-22-44-17-11-31(33)32-5-1-2-6-37(32)57-29-7-8-29)58-20-4-3-16-45-41(55)47-28-12-18-48(19-13-28)24-38(52)46-23-35(50)39(53)40(54)36(51)25-49/h1-2,5-6,9-11,17,21-22,28-29,35-36,39-40,49-51,53-54H,3-4,7-8,12-16,18-20,23-26H2,(H,46,52)(H2,45,47,55).